The maximum absolute atomic E-state index is 11.2. The molecule has 2 N–H and O–H groups in total. The average Bonchev–Trinajstić information content (AvgIpc) is 2.84. The van der Waals surface area contributed by atoms with Gasteiger partial charge in [-0.05, 0) is 25.2 Å². The summed E-state index contributed by atoms with van der Waals surface area (Å²) in [6, 6.07) is 0. The van der Waals surface area contributed by atoms with Gasteiger partial charge in [0, 0.05) is 13.1 Å². The molecule has 0 aliphatic heterocycles. The summed E-state index contributed by atoms with van der Waals surface area (Å²) in [4.78, 5) is 18.8. The zero-order valence-corrected chi connectivity index (χ0v) is 12.0. The van der Waals surface area contributed by atoms with E-state index in [2.05, 4.69) is 27.5 Å². The maximum atomic E-state index is 11.2. The van der Waals surface area contributed by atoms with Crippen molar-refractivity contribution in [1.29, 1.82) is 0 Å². The number of nitro groups is 1. The highest BCUT2D eigenvalue weighted by atomic mass is 16.6. The van der Waals surface area contributed by atoms with E-state index in [4.69, 9.17) is 0 Å². The molecule has 7 nitrogen and oxygen atoms in total. The molecule has 1 fully saturated rings. The van der Waals surface area contributed by atoms with E-state index in [-0.39, 0.29) is 16.9 Å². The van der Waals surface area contributed by atoms with Gasteiger partial charge >= 0.3 is 5.69 Å². The first-order valence-corrected chi connectivity index (χ1v) is 7.03. The van der Waals surface area contributed by atoms with Crippen molar-refractivity contribution < 1.29 is 4.92 Å². The monoisotopic (exact) mass is 279 g/mol. The molecule has 1 saturated carbocycles. The number of hydrogen-bond donors (Lipinski definition) is 2. The fraction of sp³-hybridized carbons (Fsp3) is 0.692. The smallest absolute Gasteiger partial charge is 0.353 e. The van der Waals surface area contributed by atoms with Gasteiger partial charge in [0.15, 0.2) is 0 Å². The molecule has 20 heavy (non-hydrogen) atoms. The highest BCUT2D eigenvalue weighted by molar-refractivity contribution is 5.69. The average molecular weight is 279 g/mol. The standard InChI is InChI=1S/C13H21N5O2/c1-3-14-11-10(18(19)20)12(17-9-16-11)15-8-13(2)6-4-5-7-13/h9H,3-8H2,1-2H3,(H2,14,15,16,17). The summed E-state index contributed by atoms with van der Waals surface area (Å²) in [6.45, 7) is 5.37. The lowest BCUT2D eigenvalue weighted by atomic mass is 9.89. The number of nitrogens with one attached hydrogen (secondary N) is 2. The van der Waals surface area contributed by atoms with Crippen molar-refractivity contribution in [2.24, 2.45) is 5.41 Å². The van der Waals surface area contributed by atoms with E-state index in [1.807, 2.05) is 6.92 Å². The van der Waals surface area contributed by atoms with Crippen molar-refractivity contribution >= 4 is 17.3 Å². The van der Waals surface area contributed by atoms with Gasteiger partial charge in [0.05, 0.1) is 4.92 Å². The molecule has 0 bridgehead atoms. The molecule has 0 amide bonds. The van der Waals surface area contributed by atoms with Crippen LogP contribution in [-0.4, -0.2) is 28.0 Å². The third kappa shape index (κ3) is 3.15. The summed E-state index contributed by atoms with van der Waals surface area (Å²) in [5.41, 5.74) is 0.132. The zero-order chi connectivity index (χ0) is 14.6. The minimum atomic E-state index is -0.433. The van der Waals surface area contributed by atoms with Crippen molar-refractivity contribution in [3.63, 3.8) is 0 Å². The van der Waals surface area contributed by atoms with Crippen LogP contribution in [0.4, 0.5) is 17.3 Å². The van der Waals surface area contributed by atoms with Gasteiger partial charge in [-0.15, -0.1) is 0 Å². The van der Waals surface area contributed by atoms with Crippen molar-refractivity contribution in [2.75, 3.05) is 23.7 Å². The summed E-state index contributed by atoms with van der Waals surface area (Å²) in [6.07, 6.45) is 6.11. The Bertz CT molecular complexity index is 486. The van der Waals surface area contributed by atoms with Gasteiger partial charge in [-0.25, -0.2) is 9.97 Å². The van der Waals surface area contributed by atoms with E-state index in [9.17, 15) is 10.1 Å². The van der Waals surface area contributed by atoms with E-state index in [0.29, 0.717) is 18.9 Å². The van der Waals surface area contributed by atoms with E-state index in [1.165, 1.54) is 19.2 Å². The van der Waals surface area contributed by atoms with Crippen LogP contribution < -0.4 is 10.6 Å². The molecule has 1 aliphatic rings. The fourth-order valence-electron chi connectivity index (χ4n) is 2.68. The lowest BCUT2D eigenvalue weighted by Crippen LogP contribution is -2.24. The lowest BCUT2D eigenvalue weighted by molar-refractivity contribution is -0.383. The third-order valence-corrected chi connectivity index (χ3v) is 3.84. The zero-order valence-electron chi connectivity index (χ0n) is 12.0. The quantitative estimate of drug-likeness (QED) is 0.614. The first-order valence-electron chi connectivity index (χ1n) is 7.03. The van der Waals surface area contributed by atoms with Crippen LogP contribution in [0.1, 0.15) is 39.5 Å². The van der Waals surface area contributed by atoms with Gasteiger partial charge in [0.25, 0.3) is 0 Å². The predicted octanol–water partition coefficient (Wildman–Crippen LogP) is 2.81. The van der Waals surface area contributed by atoms with E-state index in [0.717, 1.165) is 12.8 Å². The molecular weight excluding hydrogens is 258 g/mol. The number of anilines is 2. The second-order valence-corrected chi connectivity index (χ2v) is 5.58. The van der Waals surface area contributed by atoms with Crippen molar-refractivity contribution in [3.05, 3.63) is 16.4 Å². The molecule has 1 heterocycles. The Morgan fingerprint density at radius 2 is 1.90 bits per heavy atom. The summed E-state index contributed by atoms with van der Waals surface area (Å²) in [5.74, 6) is 0.570. The van der Waals surface area contributed by atoms with Crippen LogP contribution in [0, 0.1) is 15.5 Å². The van der Waals surface area contributed by atoms with Gasteiger partial charge < -0.3 is 10.6 Å². The third-order valence-electron chi connectivity index (χ3n) is 3.84. The Balaban J connectivity index is 2.18. The Labute approximate surface area is 118 Å². The van der Waals surface area contributed by atoms with Gasteiger partial charge in [-0.3, -0.25) is 10.1 Å². The van der Waals surface area contributed by atoms with Gasteiger partial charge in [-0.2, -0.15) is 0 Å². The van der Waals surface area contributed by atoms with E-state index in [1.54, 1.807) is 0 Å². The molecule has 110 valence electrons. The topological polar surface area (TPSA) is 93.0 Å². The molecule has 0 unspecified atom stereocenters. The second kappa shape index (κ2) is 6.02. The minimum absolute atomic E-state index is 0.0732. The molecular formula is C13H21N5O2. The molecule has 0 atom stereocenters. The molecule has 1 aromatic heterocycles. The van der Waals surface area contributed by atoms with Crippen LogP contribution in [0.25, 0.3) is 0 Å². The van der Waals surface area contributed by atoms with E-state index >= 15 is 0 Å². The number of nitrogens with zero attached hydrogens (tertiary/aromatic N) is 3. The van der Waals surface area contributed by atoms with Crippen LogP contribution in [0.3, 0.4) is 0 Å². The number of aromatic nitrogens is 2. The summed E-state index contributed by atoms with van der Waals surface area (Å²) in [7, 11) is 0. The summed E-state index contributed by atoms with van der Waals surface area (Å²) < 4.78 is 0. The van der Waals surface area contributed by atoms with Crippen LogP contribution >= 0.6 is 0 Å². The Kier molecular flexibility index (Phi) is 4.36. The maximum Gasteiger partial charge on any atom is 0.353 e. The minimum Gasteiger partial charge on any atom is -0.364 e. The molecule has 0 aromatic carbocycles. The Morgan fingerprint density at radius 1 is 1.30 bits per heavy atom. The largest absolute Gasteiger partial charge is 0.364 e. The first kappa shape index (κ1) is 14.5. The normalized spacial score (nSPS) is 16.9. The van der Waals surface area contributed by atoms with Crippen molar-refractivity contribution in [1.82, 2.24) is 9.97 Å². The van der Waals surface area contributed by atoms with Crippen LogP contribution in [0.5, 0.6) is 0 Å². The molecule has 0 spiro atoms. The molecule has 0 saturated heterocycles. The van der Waals surface area contributed by atoms with Crippen molar-refractivity contribution in [2.45, 2.75) is 39.5 Å². The highest BCUT2D eigenvalue weighted by Crippen LogP contribution is 2.38. The Hall–Kier alpha value is -1.92. The van der Waals surface area contributed by atoms with Gasteiger partial charge in [0.1, 0.15) is 6.33 Å². The lowest BCUT2D eigenvalue weighted by Gasteiger charge is -2.23. The molecule has 1 aliphatic carbocycles. The molecule has 1 aromatic rings. The van der Waals surface area contributed by atoms with Crippen LogP contribution in [0.15, 0.2) is 6.33 Å². The Morgan fingerprint density at radius 3 is 2.45 bits per heavy atom. The summed E-state index contributed by atoms with van der Waals surface area (Å²) in [5, 5.41) is 17.3. The second-order valence-electron chi connectivity index (χ2n) is 5.58. The van der Waals surface area contributed by atoms with Gasteiger partial charge in [-0.1, -0.05) is 19.8 Å². The SMILES string of the molecule is CCNc1ncnc(NCC2(C)CCCC2)c1[N+](=O)[O-]. The number of rotatable bonds is 6. The van der Waals surface area contributed by atoms with Crippen LogP contribution in [0.2, 0.25) is 0 Å². The van der Waals surface area contributed by atoms with Crippen LogP contribution in [-0.2, 0) is 0 Å². The van der Waals surface area contributed by atoms with E-state index < -0.39 is 4.92 Å². The highest BCUT2D eigenvalue weighted by Gasteiger charge is 2.30. The fourth-order valence-corrected chi connectivity index (χ4v) is 2.68. The molecule has 2 rings (SSSR count). The number of hydrogen-bond acceptors (Lipinski definition) is 6. The predicted molar refractivity (Wildman–Crippen MR) is 77.9 cm³/mol. The van der Waals surface area contributed by atoms with Crippen molar-refractivity contribution in [3.8, 4) is 0 Å². The molecule has 7 heteroatoms. The summed E-state index contributed by atoms with van der Waals surface area (Å²) >= 11 is 0. The first-order chi connectivity index (χ1) is 9.56. The van der Waals surface area contributed by atoms with Gasteiger partial charge in [0.2, 0.25) is 11.6 Å². The molecule has 0 radical (unpaired) electrons.